The molecule has 0 fully saturated rings. The van der Waals surface area contributed by atoms with E-state index in [0.29, 0.717) is 0 Å². The third kappa shape index (κ3) is 1.79. The first-order chi connectivity index (χ1) is 7.59. The van der Waals surface area contributed by atoms with Crippen LogP contribution in [0.5, 0.6) is 0 Å². The number of aromatic nitrogens is 2. The lowest BCUT2D eigenvalue weighted by atomic mass is 10.3. The van der Waals surface area contributed by atoms with E-state index in [1.54, 1.807) is 0 Å². The molecule has 0 saturated heterocycles. The van der Waals surface area contributed by atoms with E-state index in [2.05, 4.69) is 21.0 Å². The maximum absolute atomic E-state index is 11.0. The number of hydrogen-bond donors (Lipinski definition) is 2. The summed E-state index contributed by atoms with van der Waals surface area (Å²) in [5, 5.41) is 4.02. The fourth-order valence-electron chi connectivity index (χ4n) is 1.36. The van der Waals surface area contributed by atoms with Crippen molar-refractivity contribution in [1.29, 1.82) is 0 Å². The van der Waals surface area contributed by atoms with Gasteiger partial charge in [0, 0.05) is 4.47 Å². The summed E-state index contributed by atoms with van der Waals surface area (Å²) in [6.07, 6.45) is 1.36. The largest absolute Gasteiger partial charge is 0.383 e. The van der Waals surface area contributed by atoms with Crippen molar-refractivity contribution >= 4 is 27.7 Å². The Morgan fingerprint density at radius 3 is 2.75 bits per heavy atom. The smallest absolute Gasteiger partial charge is 0.254 e. The van der Waals surface area contributed by atoms with E-state index in [9.17, 15) is 4.79 Å². The van der Waals surface area contributed by atoms with Crippen LogP contribution in [-0.4, -0.2) is 15.7 Å². The molecule has 16 heavy (non-hydrogen) atoms. The van der Waals surface area contributed by atoms with Crippen LogP contribution in [0, 0.1) is 0 Å². The molecule has 4 N–H and O–H groups in total. The van der Waals surface area contributed by atoms with Gasteiger partial charge in [0.15, 0.2) is 0 Å². The highest BCUT2D eigenvalue weighted by Gasteiger charge is 2.12. The quantitative estimate of drug-likeness (QED) is 0.870. The first-order valence-corrected chi connectivity index (χ1v) is 5.28. The van der Waals surface area contributed by atoms with Gasteiger partial charge < -0.3 is 11.5 Å². The minimum atomic E-state index is -0.584. The van der Waals surface area contributed by atoms with Gasteiger partial charge in [0.05, 0.1) is 11.9 Å². The number of primary amides is 1. The highest BCUT2D eigenvalue weighted by Crippen LogP contribution is 2.19. The Hall–Kier alpha value is -1.82. The topological polar surface area (TPSA) is 86.9 Å². The third-order valence-corrected chi connectivity index (χ3v) is 2.62. The first kappa shape index (κ1) is 10.7. The Kier molecular flexibility index (Phi) is 2.66. The molecular formula is C10H9BrN4O. The molecule has 0 unspecified atom stereocenters. The van der Waals surface area contributed by atoms with E-state index >= 15 is 0 Å². The van der Waals surface area contributed by atoms with Crippen molar-refractivity contribution in [3.05, 3.63) is 40.5 Å². The number of amides is 1. The van der Waals surface area contributed by atoms with E-state index in [4.69, 9.17) is 11.5 Å². The van der Waals surface area contributed by atoms with Gasteiger partial charge in [-0.3, -0.25) is 4.79 Å². The lowest BCUT2D eigenvalue weighted by Gasteiger charge is -2.04. The van der Waals surface area contributed by atoms with Crippen LogP contribution >= 0.6 is 15.9 Å². The summed E-state index contributed by atoms with van der Waals surface area (Å²) < 4.78 is 2.37. The number of anilines is 1. The summed E-state index contributed by atoms with van der Waals surface area (Å²) in [6.45, 7) is 0. The van der Waals surface area contributed by atoms with Gasteiger partial charge in [0.1, 0.15) is 11.4 Å². The van der Waals surface area contributed by atoms with Crippen molar-refractivity contribution in [2.24, 2.45) is 5.73 Å². The average Bonchev–Trinajstić information content (AvgIpc) is 2.60. The molecule has 1 aromatic heterocycles. The second-order valence-electron chi connectivity index (χ2n) is 3.20. The lowest BCUT2D eigenvalue weighted by Crippen LogP contribution is -2.13. The lowest BCUT2D eigenvalue weighted by molar-refractivity contribution is 0.100. The molecule has 0 radical (unpaired) electrons. The Bertz CT molecular complexity index is 550. The molecule has 0 spiro atoms. The second kappa shape index (κ2) is 3.97. The molecule has 1 aromatic carbocycles. The third-order valence-electron chi connectivity index (χ3n) is 2.12. The van der Waals surface area contributed by atoms with Crippen molar-refractivity contribution in [2.45, 2.75) is 0 Å². The van der Waals surface area contributed by atoms with Crippen molar-refractivity contribution < 1.29 is 4.79 Å². The molecule has 0 bridgehead atoms. The van der Waals surface area contributed by atoms with Crippen LogP contribution in [0.2, 0.25) is 0 Å². The number of nitrogens with zero attached hydrogens (tertiary/aromatic N) is 2. The summed E-state index contributed by atoms with van der Waals surface area (Å²) in [5.41, 5.74) is 11.9. The summed E-state index contributed by atoms with van der Waals surface area (Å²) in [7, 11) is 0. The van der Waals surface area contributed by atoms with Crippen LogP contribution in [0.4, 0.5) is 5.82 Å². The molecule has 1 amide bonds. The molecule has 2 aromatic rings. The predicted molar refractivity (Wildman–Crippen MR) is 64.2 cm³/mol. The molecule has 1 heterocycles. The molecule has 0 saturated carbocycles. The monoisotopic (exact) mass is 280 g/mol. The van der Waals surface area contributed by atoms with E-state index in [1.807, 2.05) is 24.3 Å². The molecule has 0 atom stereocenters. The average molecular weight is 281 g/mol. The van der Waals surface area contributed by atoms with Gasteiger partial charge in [-0.15, -0.1) is 0 Å². The Morgan fingerprint density at radius 1 is 1.44 bits per heavy atom. The Morgan fingerprint density at radius 2 is 2.19 bits per heavy atom. The Balaban J connectivity index is 2.53. The summed E-state index contributed by atoms with van der Waals surface area (Å²) >= 11 is 3.35. The Labute approximate surface area is 100 Å². The summed E-state index contributed by atoms with van der Waals surface area (Å²) in [4.78, 5) is 11.0. The van der Waals surface area contributed by atoms with Gasteiger partial charge in [-0.05, 0) is 18.2 Å². The summed E-state index contributed by atoms with van der Waals surface area (Å²) in [6, 6.07) is 7.41. The van der Waals surface area contributed by atoms with Crippen molar-refractivity contribution in [3.8, 4) is 5.69 Å². The maximum atomic E-state index is 11.0. The molecule has 2 rings (SSSR count). The number of carbonyl (C=O) groups excluding carboxylic acids is 1. The van der Waals surface area contributed by atoms with Gasteiger partial charge in [-0.25, -0.2) is 4.68 Å². The van der Waals surface area contributed by atoms with Gasteiger partial charge in [0.2, 0.25) is 0 Å². The van der Waals surface area contributed by atoms with Gasteiger partial charge >= 0.3 is 0 Å². The minimum Gasteiger partial charge on any atom is -0.383 e. The van der Waals surface area contributed by atoms with Gasteiger partial charge in [-0.2, -0.15) is 5.10 Å². The number of nitrogen functional groups attached to an aromatic ring is 1. The number of halogens is 1. The van der Waals surface area contributed by atoms with Crippen molar-refractivity contribution in [2.75, 3.05) is 5.73 Å². The van der Waals surface area contributed by atoms with Crippen LogP contribution in [0.25, 0.3) is 5.69 Å². The van der Waals surface area contributed by atoms with Crippen LogP contribution < -0.4 is 11.5 Å². The minimum absolute atomic E-state index is 0.222. The number of carbonyl (C=O) groups is 1. The van der Waals surface area contributed by atoms with Crippen LogP contribution in [0.1, 0.15) is 10.4 Å². The zero-order valence-electron chi connectivity index (χ0n) is 8.22. The molecular weight excluding hydrogens is 272 g/mol. The van der Waals surface area contributed by atoms with Gasteiger partial charge in [0.25, 0.3) is 5.91 Å². The zero-order valence-corrected chi connectivity index (χ0v) is 9.81. The van der Waals surface area contributed by atoms with Crippen molar-refractivity contribution in [1.82, 2.24) is 9.78 Å². The van der Waals surface area contributed by atoms with Crippen LogP contribution in [-0.2, 0) is 0 Å². The second-order valence-corrected chi connectivity index (χ2v) is 4.12. The SMILES string of the molecule is NC(=O)c1cnn(-c2cccc(Br)c2)c1N. The van der Waals surface area contributed by atoms with E-state index in [-0.39, 0.29) is 11.4 Å². The van der Waals surface area contributed by atoms with Crippen molar-refractivity contribution in [3.63, 3.8) is 0 Å². The maximum Gasteiger partial charge on any atom is 0.254 e. The zero-order chi connectivity index (χ0) is 11.7. The first-order valence-electron chi connectivity index (χ1n) is 4.49. The standard InChI is InChI=1S/C10H9BrN4O/c11-6-2-1-3-7(4-6)15-9(12)8(5-14-15)10(13)16/h1-5H,12H2,(H2,13,16). The summed E-state index contributed by atoms with van der Waals surface area (Å²) in [5.74, 6) is -0.343. The number of hydrogen-bond acceptors (Lipinski definition) is 3. The van der Waals surface area contributed by atoms with Crippen LogP contribution in [0.3, 0.4) is 0 Å². The molecule has 6 heteroatoms. The molecule has 5 nitrogen and oxygen atoms in total. The van der Waals surface area contributed by atoms with E-state index in [0.717, 1.165) is 10.2 Å². The molecule has 82 valence electrons. The fourth-order valence-corrected chi connectivity index (χ4v) is 1.75. The number of rotatable bonds is 2. The van der Waals surface area contributed by atoms with Crippen LogP contribution in [0.15, 0.2) is 34.9 Å². The number of nitrogens with two attached hydrogens (primary N) is 2. The van der Waals surface area contributed by atoms with E-state index in [1.165, 1.54) is 10.9 Å². The predicted octanol–water partition coefficient (Wildman–Crippen LogP) is 1.32. The van der Waals surface area contributed by atoms with E-state index < -0.39 is 5.91 Å². The number of benzene rings is 1. The fraction of sp³-hybridized carbons (Fsp3) is 0. The molecule has 0 aliphatic rings. The van der Waals surface area contributed by atoms with Gasteiger partial charge in [-0.1, -0.05) is 22.0 Å². The highest BCUT2D eigenvalue weighted by molar-refractivity contribution is 9.10. The highest BCUT2D eigenvalue weighted by atomic mass is 79.9. The normalized spacial score (nSPS) is 10.3. The molecule has 0 aliphatic heterocycles. The molecule has 0 aliphatic carbocycles.